The summed E-state index contributed by atoms with van der Waals surface area (Å²) in [6.45, 7) is 2.93. The highest BCUT2D eigenvalue weighted by Gasteiger charge is 2.26. The predicted molar refractivity (Wildman–Crippen MR) is 103 cm³/mol. The highest BCUT2D eigenvalue weighted by molar-refractivity contribution is 5.78. The van der Waals surface area contributed by atoms with Crippen LogP contribution in [0, 0.1) is 11.6 Å². The molecule has 0 spiro atoms. The summed E-state index contributed by atoms with van der Waals surface area (Å²) in [6.07, 6.45) is 0. The van der Waals surface area contributed by atoms with Crippen LogP contribution >= 0.6 is 0 Å². The Kier molecular flexibility index (Phi) is 6.95. The van der Waals surface area contributed by atoms with Crippen molar-refractivity contribution in [3.63, 3.8) is 0 Å². The van der Waals surface area contributed by atoms with Gasteiger partial charge in [-0.2, -0.15) is 0 Å². The monoisotopic (exact) mass is 389 g/mol. The van der Waals surface area contributed by atoms with E-state index in [4.69, 9.17) is 4.74 Å². The SMILES string of the molecule is CN(CCOc1ccccc1F)C(=O)CN1CCNCC1c1cccc(F)c1. The van der Waals surface area contributed by atoms with E-state index in [0.29, 0.717) is 19.6 Å². The van der Waals surface area contributed by atoms with Gasteiger partial charge in [-0.25, -0.2) is 8.78 Å². The van der Waals surface area contributed by atoms with Crippen molar-refractivity contribution in [2.45, 2.75) is 6.04 Å². The number of para-hydroxylation sites is 1. The van der Waals surface area contributed by atoms with Crippen molar-refractivity contribution >= 4 is 5.91 Å². The Morgan fingerprint density at radius 1 is 1.25 bits per heavy atom. The number of carbonyl (C=O) groups excluding carboxylic acids is 1. The van der Waals surface area contributed by atoms with E-state index in [1.54, 1.807) is 36.2 Å². The standard InChI is InChI=1S/C21H25F2N3O2/c1-25(11-12-28-20-8-3-2-7-18(20)23)21(27)15-26-10-9-24-14-19(26)16-5-4-6-17(22)13-16/h2-8,13,19,24H,9-12,14-15H2,1H3. The first-order valence-corrected chi connectivity index (χ1v) is 9.36. The summed E-state index contributed by atoms with van der Waals surface area (Å²) >= 11 is 0. The minimum atomic E-state index is -0.421. The van der Waals surface area contributed by atoms with Crippen LogP contribution in [0.1, 0.15) is 11.6 Å². The number of nitrogens with zero attached hydrogens (tertiary/aromatic N) is 2. The van der Waals surface area contributed by atoms with Gasteiger partial charge < -0.3 is 15.0 Å². The van der Waals surface area contributed by atoms with Crippen LogP contribution in [0.25, 0.3) is 0 Å². The van der Waals surface area contributed by atoms with Gasteiger partial charge in [0, 0.05) is 32.7 Å². The topological polar surface area (TPSA) is 44.8 Å². The third-order valence-electron chi connectivity index (χ3n) is 4.87. The first-order valence-electron chi connectivity index (χ1n) is 9.36. The van der Waals surface area contributed by atoms with Crippen molar-refractivity contribution in [1.29, 1.82) is 0 Å². The summed E-state index contributed by atoms with van der Waals surface area (Å²) in [5, 5.41) is 3.30. The number of halogens is 2. The van der Waals surface area contributed by atoms with Crippen LogP contribution in [-0.4, -0.2) is 62.1 Å². The Morgan fingerprint density at radius 2 is 2.07 bits per heavy atom. The lowest BCUT2D eigenvalue weighted by atomic mass is 10.0. The lowest BCUT2D eigenvalue weighted by Crippen LogP contribution is -2.50. The largest absolute Gasteiger partial charge is 0.489 e. The van der Waals surface area contributed by atoms with E-state index in [0.717, 1.165) is 12.1 Å². The Hall–Kier alpha value is -2.51. The maximum atomic E-state index is 13.6. The van der Waals surface area contributed by atoms with E-state index in [1.165, 1.54) is 18.2 Å². The van der Waals surface area contributed by atoms with Gasteiger partial charge in [-0.05, 0) is 29.8 Å². The van der Waals surface area contributed by atoms with E-state index in [-0.39, 0.29) is 36.7 Å². The first kappa shape index (κ1) is 20.2. The fraction of sp³-hybridized carbons (Fsp3) is 0.381. The number of piperazine rings is 1. The molecule has 2 aromatic rings. The molecular weight excluding hydrogens is 364 g/mol. The third-order valence-corrected chi connectivity index (χ3v) is 4.87. The molecule has 0 radical (unpaired) electrons. The molecule has 3 rings (SSSR count). The van der Waals surface area contributed by atoms with Crippen LogP contribution in [0.3, 0.4) is 0 Å². The molecule has 0 aliphatic carbocycles. The molecule has 1 unspecified atom stereocenters. The average molecular weight is 389 g/mol. The number of benzene rings is 2. The number of rotatable bonds is 7. The van der Waals surface area contributed by atoms with E-state index >= 15 is 0 Å². The number of hydrogen-bond acceptors (Lipinski definition) is 4. The van der Waals surface area contributed by atoms with E-state index in [9.17, 15) is 13.6 Å². The lowest BCUT2D eigenvalue weighted by molar-refractivity contribution is -0.132. The van der Waals surface area contributed by atoms with Gasteiger partial charge in [0.1, 0.15) is 12.4 Å². The first-order chi connectivity index (χ1) is 13.5. The fourth-order valence-corrected chi connectivity index (χ4v) is 3.25. The summed E-state index contributed by atoms with van der Waals surface area (Å²) in [5.41, 5.74) is 0.852. The van der Waals surface area contributed by atoms with Crippen LogP contribution in [-0.2, 0) is 4.79 Å². The zero-order chi connectivity index (χ0) is 19.9. The van der Waals surface area contributed by atoms with Crippen LogP contribution in [0.4, 0.5) is 8.78 Å². The number of amides is 1. The van der Waals surface area contributed by atoms with Gasteiger partial charge in [0.05, 0.1) is 13.1 Å². The second-order valence-electron chi connectivity index (χ2n) is 6.84. The van der Waals surface area contributed by atoms with Crippen molar-refractivity contribution < 1.29 is 18.3 Å². The van der Waals surface area contributed by atoms with Crippen molar-refractivity contribution in [3.05, 3.63) is 65.7 Å². The summed E-state index contributed by atoms with van der Waals surface area (Å²) in [6, 6.07) is 12.6. The molecule has 7 heteroatoms. The van der Waals surface area contributed by atoms with Gasteiger partial charge in [0.25, 0.3) is 0 Å². The van der Waals surface area contributed by atoms with Gasteiger partial charge in [0.2, 0.25) is 5.91 Å². The zero-order valence-electron chi connectivity index (χ0n) is 15.9. The van der Waals surface area contributed by atoms with Crippen molar-refractivity contribution in [3.8, 4) is 5.75 Å². The molecule has 1 aliphatic rings. The Morgan fingerprint density at radius 3 is 2.86 bits per heavy atom. The maximum Gasteiger partial charge on any atom is 0.236 e. The number of likely N-dealkylation sites (N-methyl/N-ethyl adjacent to an activating group) is 1. The minimum Gasteiger partial charge on any atom is -0.489 e. The van der Waals surface area contributed by atoms with E-state index in [2.05, 4.69) is 10.2 Å². The number of nitrogens with one attached hydrogen (secondary N) is 1. The van der Waals surface area contributed by atoms with Crippen molar-refractivity contribution in [2.75, 3.05) is 46.4 Å². The molecule has 0 bridgehead atoms. The molecule has 1 aliphatic heterocycles. The van der Waals surface area contributed by atoms with E-state index < -0.39 is 5.82 Å². The molecule has 1 N–H and O–H groups in total. The summed E-state index contributed by atoms with van der Waals surface area (Å²) in [5.74, 6) is -0.580. The summed E-state index contributed by atoms with van der Waals surface area (Å²) < 4.78 is 32.6. The number of carbonyl (C=O) groups is 1. The fourth-order valence-electron chi connectivity index (χ4n) is 3.25. The summed E-state index contributed by atoms with van der Waals surface area (Å²) in [7, 11) is 1.70. The molecule has 5 nitrogen and oxygen atoms in total. The average Bonchev–Trinajstić information content (AvgIpc) is 2.69. The van der Waals surface area contributed by atoms with Crippen LogP contribution in [0.15, 0.2) is 48.5 Å². The normalized spacial score (nSPS) is 17.3. The summed E-state index contributed by atoms with van der Waals surface area (Å²) in [4.78, 5) is 16.3. The van der Waals surface area contributed by atoms with Crippen LogP contribution in [0.5, 0.6) is 5.75 Å². The molecule has 1 saturated heterocycles. The second kappa shape index (κ2) is 9.61. The predicted octanol–water partition coefficient (Wildman–Crippen LogP) is 2.45. The molecule has 2 aromatic carbocycles. The van der Waals surface area contributed by atoms with Gasteiger partial charge in [-0.15, -0.1) is 0 Å². The lowest BCUT2D eigenvalue weighted by Gasteiger charge is -2.36. The van der Waals surface area contributed by atoms with Crippen LogP contribution in [0.2, 0.25) is 0 Å². The molecule has 28 heavy (non-hydrogen) atoms. The zero-order valence-corrected chi connectivity index (χ0v) is 15.9. The molecule has 1 heterocycles. The molecule has 1 fully saturated rings. The molecule has 1 atom stereocenters. The Labute approximate surface area is 163 Å². The highest BCUT2D eigenvalue weighted by atomic mass is 19.1. The third kappa shape index (κ3) is 5.27. The quantitative estimate of drug-likeness (QED) is 0.790. The van der Waals surface area contributed by atoms with E-state index in [1.807, 2.05) is 6.07 Å². The Balaban J connectivity index is 1.53. The second-order valence-corrected chi connectivity index (χ2v) is 6.84. The van der Waals surface area contributed by atoms with Gasteiger partial charge in [-0.3, -0.25) is 9.69 Å². The number of ether oxygens (including phenoxy) is 1. The van der Waals surface area contributed by atoms with Gasteiger partial charge in [-0.1, -0.05) is 24.3 Å². The number of hydrogen-bond donors (Lipinski definition) is 1. The molecule has 1 amide bonds. The van der Waals surface area contributed by atoms with Crippen LogP contribution < -0.4 is 10.1 Å². The van der Waals surface area contributed by atoms with Crippen molar-refractivity contribution in [1.82, 2.24) is 15.1 Å². The molecular formula is C21H25F2N3O2. The Bertz CT molecular complexity index is 803. The maximum absolute atomic E-state index is 13.6. The minimum absolute atomic E-state index is 0.0552. The molecule has 150 valence electrons. The molecule has 0 saturated carbocycles. The highest BCUT2D eigenvalue weighted by Crippen LogP contribution is 2.22. The smallest absolute Gasteiger partial charge is 0.236 e. The van der Waals surface area contributed by atoms with Crippen molar-refractivity contribution in [2.24, 2.45) is 0 Å². The molecule has 0 aromatic heterocycles. The van der Waals surface area contributed by atoms with Gasteiger partial charge >= 0.3 is 0 Å². The van der Waals surface area contributed by atoms with Gasteiger partial charge in [0.15, 0.2) is 11.6 Å².